The SMILES string of the molecule is C.C.C.C1CCOC1.CCCCc1ccsc1.CCCCc1ccsc1/C=C/c1sc(B2OC(C)(C)C(C)(C)O2)cc1CCCC.CCCCc1ccsc1/C=C/c1sc(Br)cc1CCCC.CCCCc1ccsc1/C=C/c1sccc1CCCC.CCCCc1ccsc1Br.CCCCc1ccsc1C=O.CCOCC.CCOCC.[B]=NS.[B]=NS. The van der Waals surface area contributed by atoms with Crippen molar-refractivity contribution in [3.63, 3.8) is 0 Å². The van der Waals surface area contributed by atoms with E-state index in [0.29, 0.717) is 0 Å². The van der Waals surface area contributed by atoms with Gasteiger partial charge >= 0.3 is 56.6 Å². The Bertz CT molecular complexity index is 3940. The van der Waals surface area contributed by atoms with Crippen molar-refractivity contribution >= 4 is 229 Å². The average Bonchev–Trinajstić information content (AvgIpc) is 1.61. The van der Waals surface area contributed by atoms with E-state index in [0.717, 1.165) is 63.6 Å². The second-order valence-electron chi connectivity index (χ2n) is 29.6. The average molecular weight is 2030 g/mol. The number of halogens is 2. The first-order valence-electron chi connectivity index (χ1n) is 44.3. The molecule has 0 unspecified atom stereocenters. The Hall–Kier alpha value is -2.56. The molecular formula is C100H159B3Br2N2O6S11. The number of aldehydes is 1. The standard InChI is InChI=1S/C24H35BO2S2.C18H23BrS2.C18H24S2.C9H12OS.C8H11BrS.C8H12S.C4H8O.2C4H10O.3CH4.2BHNS/c1-7-9-11-18-15-16-28-20(18)13-14-21-19(12-10-8-2)17-22(29-21)25-26-23(3,4)24(5,6)27-25;1-3-5-7-14-11-12-20-16(14)9-10-17-15(8-6-4-2)13-18(19)21-17;1-3-5-7-15-11-13-19-17(15)9-10-18-16(8-6-4-2)12-14-20-18;1-2-3-4-8-5-6-11-9(8)7-10;1-2-3-4-7-5-6-10-8(7)9;1-2-3-4-8-5-6-9-7-8;1-2-4-5-3-1;2*1-3-5-4-2;;;;2*1-2-3/h13-17H,7-12H2,1-6H3;9-13H,3-8H2,1-2H3;9-14H,3-8H2,1-2H3;5-7H,2-4H2,1H3;5-6H,2-4H2,1H3;5-7H,2-4H2,1H3;1-4H2;2*3-4H2,1-2H3;3*1H4;2*3H/b14-13+;2*10-9+;;;;;;;;;;;. The number of nitrogens with zero attached hydrogens (tertiary/aromatic N) is 2. The molecule has 0 bridgehead atoms. The van der Waals surface area contributed by atoms with Gasteiger partial charge in [-0.25, -0.2) is 0 Å². The van der Waals surface area contributed by atoms with Crippen molar-refractivity contribution in [2.24, 2.45) is 8.60 Å². The van der Waals surface area contributed by atoms with E-state index >= 15 is 0 Å². The summed E-state index contributed by atoms with van der Waals surface area (Å²) in [5, 5.41) is 17.4. The summed E-state index contributed by atoms with van der Waals surface area (Å²) in [4.78, 5) is 19.8. The second-order valence-corrected chi connectivity index (χ2v) is 41.4. The van der Waals surface area contributed by atoms with E-state index in [1.54, 1.807) is 22.7 Å². The number of unbranched alkanes of at least 4 members (excludes halogenated alkanes) is 9. The van der Waals surface area contributed by atoms with Gasteiger partial charge in [0, 0.05) is 73.7 Å². The molecule has 2 aliphatic rings. The van der Waals surface area contributed by atoms with E-state index in [2.05, 4.69) is 294 Å². The van der Waals surface area contributed by atoms with Crippen LogP contribution in [0.3, 0.4) is 0 Å². The Balaban J connectivity index is -0.00000139. The molecule has 2 saturated heterocycles. The van der Waals surface area contributed by atoms with Gasteiger partial charge in [0.2, 0.25) is 0 Å². The van der Waals surface area contributed by atoms with E-state index in [4.69, 9.17) is 23.5 Å². The summed E-state index contributed by atoms with van der Waals surface area (Å²) in [5.41, 5.74) is 12.5. The number of carbonyl (C=O) groups excluding carboxylic acids is 1. The molecule has 24 heteroatoms. The number of thiophene rings is 9. The van der Waals surface area contributed by atoms with Gasteiger partial charge in [-0.05, 0) is 400 Å². The normalized spacial score (nSPS) is 12.3. The van der Waals surface area contributed by atoms with Crippen LogP contribution < -0.4 is 4.78 Å². The zero-order valence-corrected chi connectivity index (χ0v) is 88.8. The molecule has 0 spiro atoms. The van der Waals surface area contributed by atoms with Crippen LogP contribution in [0.2, 0.25) is 0 Å². The number of rotatable bonds is 39. The fraction of sp³-hybridized carbons (Fsp3) is 0.570. The Morgan fingerprint density at radius 2 is 0.694 bits per heavy atom. The van der Waals surface area contributed by atoms with Crippen LogP contribution in [0.15, 0.2) is 114 Å². The van der Waals surface area contributed by atoms with E-state index in [9.17, 15) is 4.79 Å². The van der Waals surface area contributed by atoms with Crippen LogP contribution in [0, 0.1) is 0 Å². The molecule has 2 fully saturated rings. The fourth-order valence-corrected chi connectivity index (χ4v) is 20.6. The van der Waals surface area contributed by atoms with Gasteiger partial charge in [0.25, 0.3) is 0 Å². The van der Waals surface area contributed by atoms with Crippen LogP contribution >= 0.6 is 160 Å². The molecule has 2 radical (unpaired) electrons. The minimum atomic E-state index is -0.299. The van der Waals surface area contributed by atoms with E-state index < -0.39 is 0 Å². The summed E-state index contributed by atoms with van der Waals surface area (Å²) < 4.78 is 36.3. The number of hydrogen-bond acceptors (Lipinski definition) is 19. The van der Waals surface area contributed by atoms with Crippen LogP contribution in [0.5, 0.6) is 0 Å². The molecular weight excluding hydrogens is 1870 g/mol. The Labute approximate surface area is 824 Å². The van der Waals surface area contributed by atoms with Crippen molar-refractivity contribution in [3.8, 4) is 0 Å². The Kier molecular flexibility index (Phi) is 83.4. The van der Waals surface area contributed by atoms with Crippen molar-refractivity contribution in [3.05, 3.63) is 189 Å². The minimum absolute atomic E-state index is 0. The van der Waals surface area contributed by atoms with Crippen LogP contribution in [0.1, 0.15) is 357 Å². The van der Waals surface area contributed by atoms with Crippen molar-refractivity contribution in [2.75, 3.05) is 39.6 Å². The summed E-state index contributed by atoms with van der Waals surface area (Å²) in [6.07, 6.45) is 50.7. The molecule has 694 valence electrons. The molecule has 0 aromatic carbocycles. The number of carbonyl (C=O) groups is 1. The molecule has 9 aromatic rings. The van der Waals surface area contributed by atoms with Crippen molar-refractivity contribution in [1.29, 1.82) is 0 Å². The van der Waals surface area contributed by atoms with Crippen molar-refractivity contribution < 1.29 is 28.3 Å². The van der Waals surface area contributed by atoms with E-state index in [-0.39, 0.29) is 40.6 Å². The van der Waals surface area contributed by atoms with E-state index in [1.165, 1.54) is 276 Å². The van der Waals surface area contributed by atoms with Crippen molar-refractivity contribution in [2.45, 2.75) is 337 Å². The maximum atomic E-state index is 10.5. The topological polar surface area (TPSA) is 87.9 Å². The third kappa shape index (κ3) is 55.7. The first kappa shape index (κ1) is 126. The van der Waals surface area contributed by atoms with Gasteiger partial charge in [0.1, 0.15) is 0 Å². The monoisotopic (exact) mass is 2030 g/mol. The molecule has 0 atom stereocenters. The molecule has 0 aliphatic carbocycles. The summed E-state index contributed by atoms with van der Waals surface area (Å²) >= 11 is 29.7. The Morgan fingerprint density at radius 3 is 0.984 bits per heavy atom. The van der Waals surface area contributed by atoms with Gasteiger partial charge in [-0.2, -0.15) is 11.3 Å². The molecule has 8 nitrogen and oxygen atoms in total. The van der Waals surface area contributed by atoms with Gasteiger partial charge in [0.05, 0.1) is 23.7 Å². The third-order valence-electron chi connectivity index (χ3n) is 19.5. The molecule has 0 amide bonds. The zero-order valence-electron chi connectivity index (χ0n) is 76.5. The second kappa shape index (κ2) is 82.4. The van der Waals surface area contributed by atoms with Crippen LogP contribution in [-0.2, 0) is 81.3 Å². The fourth-order valence-electron chi connectivity index (χ4n) is 11.7. The maximum absolute atomic E-state index is 10.5. The van der Waals surface area contributed by atoms with Gasteiger partial charge in [-0.15, -0.1) is 90.7 Å². The zero-order chi connectivity index (χ0) is 89.6. The molecule has 2 aliphatic heterocycles. The van der Waals surface area contributed by atoms with Gasteiger partial charge in [-0.3, -0.25) is 4.79 Å². The first-order chi connectivity index (χ1) is 58.7. The molecule has 0 saturated carbocycles. The third-order valence-corrected chi connectivity index (χ3v) is 29.4. The summed E-state index contributed by atoms with van der Waals surface area (Å²) in [6, 6.07) is 20.2. The molecule has 9 aromatic heterocycles. The van der Waals surface area contributed by atoms with Crippen LogP contribution in [-0.4, -0.2) is 79.5 Å². The molecule has 11 rings (SSSR count). The number of ether oxygens (including phenoxy) is 3. The van der Waals surface area contributed by atoms with Gasteiger partial charge in [0.15, 0.2) is 6.29 Å². The molecule has 0 N–H and O–H groups in total. The van der Waals surface area contributed by atoms with Crippen LogP contribution in [0.25, 0.3) is 36.5 Å². The van der Waals surface area contributed by atoms with Crippen LogP contribution in [0.4, 0.5) is 0 Å². The predicted molar refractivity (Wildman–Crippen MR) is 589 cm³/mol. The summed E-state index contributed by atoms with van der Waals surface area (Å²) in [6.45, 7) is 42.0. The number of aryl methyl sites for hydroxylation is 9. The Morgan fingerprint density at radius 1 is 0.403 bits per heavy atom. The quantitative estimate of drug-likeness (QED) is 0.0227. The number of thiol groups is 2. The van der Waals surface area contributed by atoms with Gasteiger partial charge in [-0.1, -0.05) is 142 Å². The first-order valence-corrected chi connectivity index (χ1v) is 54.5. The van der Waals surface area contributed by atoms with Gasteiger partial charge < -0.3 is 23.5 Å². The predicted octanol–water partition coefficient (Wildman–Crippen LogP) is 36.1. The van der Waals surface area contributed by atoms with Crippen molar-refractivity contribution in [1.82, 2.24) is 0 Å². The number of hydrogen-bond donors (Lipinski definition) is 2. The summed E-state index contributed by atoms with van der Waals surface area (Å²) in [5.74, 6) is 0. The summed E-state index contributed by atoms with van der Waals surface area (Å²) in [7, 11) is 8.40. The van der Waals surface area contributed by atoms with E-state index in [1.807, 2.05) is 107 Å². The molecule has 124 heavy (non-hydrogen) atoms. The molecule has 11 heterocycles.